The zero-order valence-corrected chi connectivity index (χ0v) is 42.8. The minimum Gasteiger partial charge on any atom is -0.457 e. The fraction of sp³-hybridized carbons (Fsp3) is 0.796. The van der Waals surface area contributed by atoms with Crippen LogP contribution in [-0.2, 0) is 38.3 Å². The SMILES string of the molecule is CC/C=C\C/C=C\C/C=C\C/C=C\CCCCCCCCCCCCCOCC(COC1OC(CO)C(O)C(OS(=O)(=O)O)C1O)OC(=O)CCCCCCC/C=C\CCCCCCCCC. The highest BCUT2D eigenvalue weighted by Gasteiger charge is 2.48. The quantitative estimate of drug-likeness (QED) is 0.0197. The van der Waals surface area contributed by atoms with E-state index in [1.807, 2.05) is 0 Å². The van der Waals surface area contributed by atoms with E-state index in [1.54, 1.807) is 0 Å². The zero-order valence-electron chi connectivity index (χ0n) is 41.9. The predicted molar refractivity (Wildman–Crippen MR) is 271 cm³/mol. The van der Waals surface area contributed by atoms with Crippen molar-refractivity contribution in [2.75, 3.05) is 26.4 Å². The smallest absolute Gasteiger partial charge is 0.397 e. The Kier molecular flexibility index (Phi) is 42.2. The van der Waals surface area contributed by atoms with E-state index in [2.05, 4.69) is 78.8 Å². The van der Waals surface area contributed by atoms with Gasteiger partial charge in [-0.25, -0.2) is 4.18 Å². The summed E-state index contributed by atoms with van der Waals surface area (Å²) in [7, 11) is -5.07. The highest BCUT2D eigenvalue weighted by atomic mass is 32.3. The minimum absolute atomic E-state index is 0.0292. The van der Waals surface area contributed by atoms with Crippen LogP contribution in [0.4, 0.5) is 0 Å². The summed E-state index contributed by atoms with van der Waals surface area (Å²) in [5.74, 6) is -0.409. The summed E-state index contributed by atoms with van der Waals surface area (Å²) in [5, 5.41) is 30.8. The number of hydrogen-bond donors (Lipinski definition) is 4. The Hall–Kier alpha value is -2.20. The Morgan fingerprint density at radius 1 is 0.582 bits per heavy atom. The molecular formula is C54H96O12S. The van der Waals surface area contributed by atoms with Gasteiger partial charge in [-0.3, -0.25) is 9.35 Å². The molecule has 1 saturated heterocycles. The van der Waals surface area contributed by atoms with Gasteiger partial charge in [0.15, 0.2) is 6.29 Å². The molecule has 1 heterocycles. The van der Waals surface area contributed by atoms with Crippen molar-refractivity contribution >= 4 is 16.4 Å². The summed E-state index contributed by atoms with van der Waals surface area (Å²) >= 11 is 0. The van der Waals surface area contributed by atoms with Crippen LogP contribution in [0.5, 0.6) is 0 Å². The highest BCUT2D eigenvalue weighted by molar-refractivity contribution is 7.80. The number of allylic oxidation sites excluding steroid dienone is 10. The molecule has 0 amide bonds. The molecule has 0 aromatic rings. The lowest BCUT2D eigenvalue weighted by Gasteiger charge is -2.41. The summed E-state index contributed by atoms with van der Waals surface area (Å²) in [6.45, 7) is 3.87. The van der Waals surface area contributed by atoms with Crippen LogP contribution in [-0.4, -0.2) is 97.5 Å². The molecule has 1 fully saturated rings. The van der Waals surface area contributed by atoms with E-state index in [4.69, 9.17) is 18.9 Å². The average Bonchev–Trinajstić information content (AvgIpc) is 3.30. The number of esters is 1. The van der Waals surface area contributed by atoms with E-state index in [-0.39, 0.29) is 19.6 Å². The molecule has 12 nitrogen and oxygen atoms in total. The topological polar surface area (TPSA) is 178 Å². The van der Waals surface area contributed by atoms with Crippen LogP contribution in [0.25, 0.3) is 0 Å². The summed E-state index contributed by atoms with van der Waals surface area (Å²) in [6.07, 6.45) is 48.2. The Bertz CT molecular complexity index is 1400. The first-order valence-electron chi connectivity index (χ1n) is 26.5. The molecule has 390 valence electrons. The van der Waals surface area contributed by atoms with E-state index in [1.165, 1.54) is 96.3 Å². The molecule has 1 aliphatic rings. The molecule has 13 heteroatoms. The predicted octanol–water partition coefficient (Wildman–Crippen LogP) is 12.5. The maximum absolute atomic E-state index is 12.9. The van der Waals surface area contributed by atoms with Crippen molar-refractivity contribution in [3.05, 3.63) is 60.8 Å². The van der Waals surface area contributed by atoms with Crippen LogP contribution < -0.4 is 0 Å². The molecule has 6 unspecified atom stereocenters. The lowest BCUT2D eigenvalue weighted by Crippen LogP contribution is -2.60. The van der Waals surface area contributed by atoms with Gasteiger partial charge in [-0.1, -0.05) is 190 Å². The van der Waals surface area contributed by atoms with Gasteiger partial charge in [0, 0.05) is 13.0 Å². The lowest BCUT2D eigenvalue weighted by molar-refractivity contribution is -0.301. The number of carbonyl (C=O) groups is 1. The third-order valence-electron chi connectivity index (χ3n) is 11.9. The molecule has 0 aliphatic carbocycles. The van der Waals surface area contributed by atoms with Gasteiger partial charge in [0.1, 0.15) is 30.5 Å². The van der Waals surface area contributed by atoms with E-state index >= 15 is 0 Å². The van der Waals surface area contributed by atoms with Crippen LogP contribution in [0.2, 0.25) is 0 Å². The van der Waals surface area contributed by atoms with E-state index in [0.717, 1.165) is 89.9 Å². The van der Waals surface area contributed by atoms with E-state index < -0.39 is 59.8 Å². The largest absolute Gasteiger partial charge is 0.457 e. The van der Waals surface area contributed by atoms with Crippen molar-refractivity contribution < 1.29 is 56.2 Å². The molecule has 0 aromatic carbocycles. The van der Waals surface area contributed by atoms with Gasteiger partial charge in [0.25, 0.3) is 0 Å². The number of aliphatic hydroxyl groups excluding tert-OH is 3. The second-order valence-corrected chi connectivity index (χ2v) is 19.1. The lowest BCUT2D eigenvalue weighted by atomic mass is 9.99. The van der Waals surface area contributed by atoms with Crippen LogP contribution >= 0.6 is 0 Å². The number of unbranched alkanes of at least 4 members (excludes halogenated alkanes) is 23. The first kappa shape index (κ1) is 62.8. The van der Waals surface area contributed by atoms with Gasteiger partial charge in [0.05, 0.1) is 19.8 Å². The summed E-state index contributed by atoms with van der Waals surface area (Å²) in [5.41, 5.74) is 0. The standard InChI is InChI=1S/C54H96O12S/c1-3-5-7-9-11-13-15-17-19-21-22-23-24-25-26-27-28-30-32-34-36-38-40-42-44-62-46-48(47-63-54-52(58)53(66-67(59,60)61)51(57)49(45-55)65-54)64-50(56)43-41-39-37-35-33-31-29-20-18-16-14-12-10-8-6-4-2/h5,7,11,13,17,19-20,22-23,29,48-49,51-55,57-58H,3-4,6,8-10,12,14-16,18,21,24-28,30-47H2,1-2H3,(H,59,60,61)/b7-5-,13-11-,19-17-,23-22-,29-20-. The molecule has 1 rings (SSSR count). The second kappa shape index (κ2) is 45.0. The maximum atomic E-state index is 12.9. The van der Waals surface area contributed by atoms with Gasteiger partial charge in [-0.2, -0.15) is 8.42 Å². The number of ether oxygens (including phenoxy) is 4. The van der Waals surface area contributed by atoms with Crippen LogP contribution in [0.1, 0.15) is 213 Å². The van der Waals surface area contributed by atoms with Gasteiger partial charge in [0.2, 0.25) is 0 Å². The van der Waals surface area contributed by atoms with Crippen molar-refractivity contribution in [2.24, 2.45) is 0 Å². The minimum atomic E-state index is -5.07. The number of rotatable bonds is 46. The fourth-order valence-electron chi connectivity index (χ4n) is 7.89. The van der Waals surface area contributed by atoms with Crippen molar-refractivity contribution in [1.82, 2.24) is 0 Å². The first-order valence-corrected chi connectivity index (χ1v) is 27.9. The Morgan fingerprint density at radius 3 is 1.52 bits per heavy atom. The van der Waals surface area contributed by atoms with Crippen molar-refractivity contribution in [1.29, 1.82) is 0 Å². The molecular weight excluding hydrogens is 873 g/mol. The Morgan fingerprint density at radius 2 is 1.03 bits per heavy atom. The van der Waals surface area contributed by atoms with E-state index in [9.17, 15) is 33.1 Å². The van der Waals surface area contributed by atoms with Crippen LogP contribution in [0.15, 0.2) is 60.8 Å². The summed E-state index contributed by atoms with van der Waals surface area (Å²) < 4.78 is 59.3. The first-order chi connectivity index (χ1) is 32.6. The van der Waals surface area contributed by atoms with Crippen molar-refractivity contribution in [3.8, 4) is 0 Å². The highest BCUT2D eigenvalue weighted by Crippen LogP contribution is 2.26. The van der Waals surface area contributed by atoms with Crippen molar-refractivity contribution in [2.45, 2.75) is 250 Å². The normalized spacial score (nSPS) is 19.9. The van der Waals surface area contributed by atoms with Crippen LogP contribution in [0, 0.1) is 0 Å². The van der Waals surface area contributed by atoms with Gasteiger partial charge in [-0.15, -0.1) is 0 Å². The molecule has 0 aromatic heterocycles. The third kappa shape index (κ3) is 38.3. The van der Waals surface area contributed by atoms with Crippen LogP contribution in [0.3, 0.4) is 0 Å². The fourth-order valence-corrected chi connectivity index (χ4v) is 8.40. The molecule has 6 atom stereocenters. The molecule has 0 saturated carbocycles. The summed E-state index contributed by atoms with van der Waals surface area (Å²) in [6, 6.07) is 0. The Labute approximate surface area is 408 Å². The summed E-state index contributed by atoms with van der Waals surface area (Å²) in [4.78, 5) is 12.9. The third-order valence-corrected chi connectivity index (χ3v) is 12.3. The maximum Gasteiger partial charge on any atom is 0.397 e. The average molecular weight is 969 g/mol. The zero-order chi connectivity index (χ0) is 48.9. The molecule has 1 aliphatic heterocycles. The monoisotopic (exact) mass is 969 g/mol. The number of carbonyl (C=O) groups excluding carboxylic acids is 1. The Balaban J connectivity index is 2.33. The number of aliphatic hydroxyl groups is 3. The van der Waals surface area contributed by atoms with Crippen molar-refractivity contribution in [3.63, 3.8) is 0 Å². The number of hydrogen-bond acceptors (Lipinski definition) is 11. The second-order valence-electron chi connectivity index (χ2n) is 18.1. The van der Waals surface area contributed by atoms with Gasteiger partial charge >= 0.3 is 16.4 Å². The molecule has 0 radical (unpaired) electrons. The van der Waals surface area contributed by atoms with Gasteiger partial charge < -0.3 is 34.3 Å². The molecule has 0 spiro atoms. The molecule has 4 N–H and O–H groups in total. The van der Waals surface area contributed by atoms with Gasteiger partial charge in [-0.05, 0) is 77.0 Å². The van der Waals surface area contributed by atoms with E-state index in [0.29, 0.717) is 13.0 Å². The molecule has 0 bridgehead atoms. The molecule has 67 heavy (non-hydrogen) atoms.